The normalized spacial score (nSPS) is 17.5. The van der Waals surface area contributed by atoms with Crippen LogP contribution < -0.4 is 15.5 Å². The maximum atomic E-state index is 12.2. The number of carbonyl (C=O) groups is 1. The lowest BCUT2D eigenvalue weighted by molar-refractivity contribution is 0.246. The zero-order chi connectivity index (χ0) is 16.8. The molecule has 3 rings (SSSR count). The smallest absolute Gasteiger partial charge is 0.321 e. The molecule has 8 nitrogen and oxygen atoms in total. The Bertz CT molecular complexity index is 663. The third-order valence-electron chi connectivity index (χ3n) is 3.74. The summed E-state index contributed by atoms with van der Waals surface area (Å²) in [5.41, 5.74) is 0. The number of nitrogens with one attached hydrogen (secondary N) is 2. The number of aryl methyl sites for hydroxylation is 1. The Hall–Kier alpha value is -2.29. The van der Waals surface area contributed by atoms with Crippen LogP contribution in [0.4, 0.5) is 15.9 Å². The van der Waals surface area contributed by atoms with E-state index in [4.69, 9.17) is 0 Å². The number of amides is 2. The fourth-order valence-electron chi connectivity index (χ4n) is 2.67. The first kappa shape index (κ1) is 16.6. The quantitative estimate of drug-likeness (QED) is 0.859. The molecule has 128 valence electrons. The van der Waals surface area contributed by atoms with Crippen molar-refractivity contribution in [2.24, 2.45) is 0 Å². The van der Waals surface area contributed by atoms with Crippen LogP contribution in [0.2, 0.25) is 0 Å². The number of aromatic nitrogens is 4. The number of carbonyl (C=O) groups excluding carboxylic acids is 1. The van der Waals surface area contributed by atoms with E-state index < -0.39 is 0 Å². The minimum Gasteiger partial charge on any atom is -0.339 e. The number of hydrogen-bond acceptors (Lipinski definition) is 7. The van der Waals surface area contributed by atoms with E-state index in [9.17, 15) is 4.79 Å². The van der Waals surface area contributed by atoms with E-state index in [1.54, 1.807) is 18.5 Å². The van der Waals surface area contributed by atoms with Crippen molar-refractivity contribution < 1.29 is 4.79 Å². The van der Waals surface area contributed by atoms with Gasteiger partial charge in [-0.25, -0.2) is 14.8 Å². The molecule has 3 heterocycles. The molecule has 1 aliphatic heterocycles. The Morgan fingerprint density at radius 3 is 3.00 bits per heavy atom. The molecule has 0 spiro atoms. The molecule has 0 radical (unpaired) electrons. The van der Waals surface area contributed by atoms with Crippen LogP contribution in [0.15, 0.2) is 18.5 Å². The SMILES string of the molecule is CCCc1nnc(NC(=O)N[C@@H]2CCCN(c3ncccn3)C2)s1. The van der Waals surface area contributed by atoms with Crippen LogP contribution in [0.25, 0.3) is 0 Å². The maximum absolute atomic E-state index is 12.2. The molecule has 0 aromatic carbocycles. The summed E-state index contributed by atoms with van der Waals surface area (Å²) < 4.78 is 0. The van der Waals surface area contributed by atoms with Crippen LogP contribution in [-0.2, 0) is 6.42 Å². The van der Waals surface area contributed by atoms with Crippen molar-refractivity contribution in [1.82, 2.24) is 25.5 Å². The minimum atomic E-state index is -0.241. The third kappa shape index (κ3) is 4.38. The van der Waals surface area contributed by atoms with Crippen molar-refractivity contribution in [3.05, 3.63) is 23.5 Å². The van der Waals surface area contributed by atoms with Gasteiger partial charge in [-0.3, -0.25) is 5.32 Å². The van der Waals surface area contributed by atoms with E-state index in [1.807, 2.05) is 0 Å². The summed E-state index contributed by atoms with van der Waals surface area (Å²) in [5.74, 6) is 0.706. The predicted octanol–water partition coefficient (Wildman–Crippen LogP) is 2.07. The number of piperidine rings is 1. The Morgan fingerprint density at radius 1 is 1.38 bits per heavy atom. The predicted molar refractivity (Wildman–Crippen MR) is 93.3 cm³/mol. The highest BCUT2D eigenvalue weighted by atomic mass is 32.1. The maximum Gasteiger partial charge on any atom is 0.321 e. The van der Waals surface area contributed by atoms with Gasteiger partial charge in [-0.1, -0.05) is 18.3 Å². The van der Waals surface area contributed by atoms with Crippen molar-refractivity contribution in [2.75, 3.05) is 23.3 Å². The van der Waals surface area contributed by atoms with Gasteiger partial charge in [-0.15, -0.1) is 10.2 Å². The van der Waals surface area contributed by atoms with E-state index in [-0.39, 0.29) is 12.1 Å². The summed E-state index contributed by atoms with van der Waals surface area (Å²) in [6.07, 6.45) is 7.29. The molecule has 0 aliphatic carbocycles. The minimum absolute atomic E-state index is 0.0607. The molecule has 1 aliphatic rings. The topological polar surface area (TPSA) is 95.9 Å². The van der Waals surface area contributed by atoms with Gasteiger partial charge in [-0.2, -0.15) is 0 Å². The molecule has 2 amide bonds. The van der Waals surface area contributed by atoms with Gasteiger partial charge in [0.15, 0.2) is 0 Å². The molecule has 0 saturated carbocycles. The second-order valence-corrected chi connectivity index (χ2v) is 6.75. The number of anilines is 2. The molecule has 0 bridgehead atoms. The average molecular weight is 347 g/mol. The molecule has 0 unspecified atom stereocenters. The Balaban J connectivity index is 1.52. The fraction of sp³-hybridized carbons (Fsp3) is 0.533. The average Bonchev–Trinajstić information content (AvgIpc) is 3.03. The van der Waals surface area contributed by atoms with Gasteiger partial charge < -0.3 is 10.2 Å². The Labute approximate surface area is 144 Å². The van der Waals surface area contributed by atoms with Crippen molar-refractivity contribution in [3.8, 4) is 0 Å². The van der Waals surface area contributed by atoms with Gasteiger partial charge in [-0.05, 0) is 25.3 Å². The largest absolute Gasteiger partial charge is 0.339 e. The highest BCUT2D eigenvalue weighted by Crippen LogP contribution is 2.17. The van der Waals surface area contributed by atoms with E-state index >= 15 is 0 Å². The summed E-state index contributed by atoms with van der Waals surface area (Å²) >= 11 is 1.42. The Morgan fingerprint density at radius 2 is 2.21 bits per heavy atom. The van der Waals surface area contributed by atoms with Gasteiger partial charge >= 0.3 is 6.03 Å². The molecule has 1 fully saturated rings. The van der Waals surface area contributed by atoms with Crippen LogP contribution in [0, 0.1) is 0 Å². The van der Waals surface area contributed by atoms with Crippen molar-refractivity contribution >= 4 is 28.4 Å². The molecule has 2 N–H and O–H groups in total. The summed E-state index contributed by atoms with van der Waals surface area (Å²) in [7, 11) is 0. The lowest BCUT2D eigenvalue weighted by atomic mass is 10.1. The molecule has 1 saturated heterocycles. The molecular formula is C15H21N7OS. The molecule has 9 heteroatoms. The zero-order valence-electron chi connectivity index (χ0n) is 13.6. The van der Waals surface area contributed by atoms with Gasteiger partial charge in [0.1, 0.15) is 5.01 Å². The van der Waals surface area contributed by atoms with Crippen LogP contribution in [-0.4, -0.2) is 45.3 Å². The van der Waals surface area contributed by atoms with Gasteiger partial charge in [0.05, 0.1) is 0 Å². The Kier molecular flexibility index (Phi) is 5.52. The highest BCUT2D eigenvalue weighted by molar-refractivity contribution is 7.15. The van der Waals surface area contributed by atoms with Crippen LogP contribution in [0.3, 0.4) is 0 Å². The second kappa shape index (κ2) is 8.00. The second-order valence-electron chi connectivity index (χ2n) is 5.68. The van der Waals surface area contributed by atoms with E-state index in [0.29, 0.717) is 17.6 Å². The van der Waals surface area contributed by atoms with Gasteiger partial charge in [0.2, 0.25) is 11.1 Å². The van der Waals surface area contributed by atoms with Crippen molar-refractivity contribution in [3.63, 3.8) is 0 Å². The van der Waals surface area contributed by atoms with Gasteiger partial charge in [0, 0.05) is 37.9 Å². The molecule has 24 heavy (non-hydrogen) atoms. The highest BCUT2D eigenvalue weighted by Gasteiger charge is 2.23. The van der Waals surface area contributed by atoms with Crippen molar-refractivity contribution in [1.29, 1.82) is 0 Å². The number of hydrogen-bond donors (Lipinski definition) is 2. The number of rotatable bonds is 5. The van der Waals surface area contributed by atoms with Crippen LogP contribution in [0.5, 0.6) is 0 Å². The van der Waals surface area contributed by atoms with E-state index in [2.05, 4.69) is 42.6 Å². The standard InChI is InChI=1S/C15H21N7OS/c1-2-5-12-20-21-15(24-12)19-14(23)18-11-6-3-9-22(10-11)13-16-7-4-8-17-13/h4,7-8,11H,2-3,5-6,9-10H2,1H3,(H2,18,19,21,23)/t11-/m1/s1. The van der Waals surface area contributed by atoms with Gasteiger partial charge in [0.25, 0.3) is 0 Å². The van der Waals surface area contributed by atoms with E-state index in [1.165, 1.54) is 11.3 Å². The zero-order valence-corrected chi connectivity index (χ0v) is 14.4. The molecule has 2 aromatic heterocycles. The summed E-state index contributed by atoms with van der Waals surface area (Å²) in [5, 5.41) is 15.3. The summed E-state index contributed by atoms with van der Waals surface area (Å²) in [4.78, 5) is 22.8. The lowest BCUT2D eigenvalue weighted by Crippen LogP contribution is -2.49. The number of nitrogens with zero attached hydrogens (tertiary/aromatic N) is 5. The first-order chi connectivity index (χ1) is 11.7. The molecule has 2 aromatic rings. The lowest BCUT2D eigenvalue weighted by Gasteiger charge is -2.32. The van der Waals surface area contributed by atoms with Crippen LogP contribution in [0.1, 0.15) is 31.2 Å². The number of urea groups is 1. The fourth-order valence-corrected chi connectivity index (χ4v) is 3.51. The van der Waals surface area contributed by atoms with Crippen molar-refractivity contribution in [2.45, 2.75) is 38.6 Å². The van der Waals surface area contributed by atoms with E-state index in [0.717, 1.165) is 37.2 Å². The summed E-state index contributed by atoms with van der Waals surface area (Å²) in [6.45, 7) is 3.70. The first-order valence-electron chi connectivity index (χ1n) is 8.16. The van der Waals surface area contributed by atoms with Crippen LogP contribution >= 0.6 is 11.3 Å². The first-order valence-corrected chi connectivity index (χ1v) is 8.98. The monoisotopic (exact) mass is 347 g/mol. The molecule has 1 atom stereocenters. The third-order valence-corrected chi connectivity index (χ3v) is 4.64. The molecular weight excluding hydrogens is 326 g/mol. The summed E-state index contributed by atoms with van der Waals surface area (Å²) in [6, 6.07) is 1.62.